The van der Waals surface area contributed by atoms with Gasteiger partial charge in [-0.25, -0.2) is 8.42 Å². The predicted molar refractivity (Wildman–Crippen MR) is 98.7 cm³/mol. The molecule has 0 N–H and O–H groups in total. The van der Waals surface area contributed by atoms with Crippen LogP contribution in [0.5, 0.6) is 0 Å². The van der Waals surface area contributed by atoms with Gasteiger partial charge in [0.1, 0.15) is 5.76 Å². The number of nitrogens with zero attached hydrogens (tertiary/aromatic N) is 3. The second-order valence-corrected chi connectivity index (χ2v) is 9.71. The fourth-order valence-corrected chi connectivity index (χ4v) is 4.69. The van der Waals surface area contributed by atoms with Crippen LogP contribution in [-0.2, 0) is 9.84 Å². The highest BCUT2D eigenvalue weighted by Gasteiger charge is 2.33. The van der Waals surface area contributed by atoms with E-state index >= 15 is 0 Å². The standard InChI is InChI=1S/C18H20ClN3O4S/c1-27(24,25)16-7-13(19)9-20-17(16)12-3-2-6-22(10-12)18(23)14-8-15(26-21-14)11-4-5-11/h7-9,11-12H,2-6,10H2,1H3. The second-order valence-electron chi connectivity index (χ2n) is 7.29. The number of halogens is 1. The molecule has 3 heterocycles. The highest BCUT2D eigenvalue weighted by molar-refractivity contribution is 7.90. The van der Waals surface area contributed by atoms with E-state index in [9.17, 15) is 13.2 Å². The number of pyridine rings is 1. The SMILES string of the molecule is CS(=O)(=O)c1cc(Cl)cnc1C1CCCN(C(=O)c2cc(C3CC3)on2)C1. The molecule has 0 aromatic carbocycles. The van der Waals surface area contributed by atoms with Crippen molar-refractivity contribution in [2.45, 2.75) is 42.4 Å². The molecular formula is C18H20ClN3O4S. The first-order valence-electron chi connectivity index (χ1n) is 8.94. The topological polar surface area (TPSA) is 93.4 Å². The van der Waals surface area contributed by atoms with Gasteiger partial charge >= 0.3 is 0 Å². The van der Waals surface area contributed by atoms with Crippen molar-refractivity contribution in [1.82, 2.24) is 15.0 Å². The Morgan fingerprint density at radius 3 is 2.74 bits per heavy atom. The maximum atomic E-state index is 12.8. The molecule has 1 amide bonds. The van der Waals surface area contributed by atoms with Crippen molar-refractivity contribution in [1.29, 1.82) is 0 Å². The normalized spacial score (nSPS) is 20.7. The number of hydrogen-bond donors (Lipinski definition) is 0. The zero-order valence-corrected chi connectivity index (χ0v) is 16.5. The molecule has 1 saturated carbocycles. The molecule has 1 atom stereocenters. The summed E-state index contributed by atoms with van der Waals surface area (Å²) in [6, 6.07) is 3.16. The molecule has 9 heteroatoms. The molecule has 27 heavy (non-hydrogen) atoms. The van der Waals surface area contributed by atoms with Crippen LogP contribution in [-0.4, -0.2) is 48.7 Å². The van der Waals surface area contributed by atoms with Gasteiger partial charge in [-0.1, -0.05) is 16.8 Å². The summed E-state index contributed by atoms with van der Waals surface area (Å²) < 4.78 is 29.6. The van der Waals surface area contributed by atoms with Crippen molar-refractivity contribution in [2.75, 3.05) is 19.3 Å². The zero-order chi connectivity index (χ0) is 19.2. The van der Waals surface area contributed by atoms with Gasteiger partial charge < -0.3 is 9.42 Å². The van der Waals surface area contributed by atoms with Gasteiger partial charge in [-0.2, -0.15) is 0 Å². The van der Waals surface area contributed by atoms with Crippen LogP contribution in [0.1, 0.15) is 59.5 Å². The number of amides is 1. The summed E-state index contributed by atoms with van der Waals surface area (Å²) in [5.41, 5.74) is 0.781. The van der Waals surface area contributed by atoms with Gasteiger partial charge in [-0.3, -0.25) is 9.78 Å². The Morgan fingerprint density at radius 1 is 1.26 bits per heavy atom. The molecule has 1 aliphatic carbocycles. The minimum atomic E-state index is -3.47. The van der Waals surface area contributed by atoms with E-state index in [4.69, 9.17) is 16.1 Å². The van der Waals surface area contributed by atoms with Gasteiger partial charge in [0, 0.05) is 43.4 Å². The molecular weight excluding hydrogens is 390 g/mol. The zero-order valence-electron chi connectivity index (χ0n) is 14.9. The van der Waals surface area contributed by atoms with Crippen LogP contribution in [0.3, 0.4) is 0 Å². The monoisotopic (exact) mass is 409 g/mol. The van der Waals surface area contributed by atoms with Gasteiger partial charge in [0.2, 0.25) is 0 Å². The van der Waals surface area contributed by atoms with Crippen molar-refractivity contribution in [3.8, 4) is 0 Å². The van der Waals surface area contributed by atoms with Gasteiger partial charge in [-0.15, -0.1) is 0 Å². The Morgan fingerprint density at radius 2 is 2.04 bits per heavy atom. The molecule has 0 spiro atoms. The van der Waals surface area contributed by atoms with E-state index in [1.807, 2.05) is 0 Å². The summed E-state index contributed by atoms with van der Waals surface area (Å²) in [6.07, 6.45) is 6.26. The molecule has 1 aliphatic heterocycles. The van der Waals surface area contributed by atoms with Crippen molar-refractivity contribution >= 4 is 27.3 Å². The lowest BCUT2D eigenvalue weighted by Crippen LogP contribution is -2.39. The largest absolute Gasteiger partial charge is 0.360 e. The van der Waals surface area contributed by atoms with Gasteiger partial charge in [-0.05, 0) is 31.7 Å². The number of carbonyl (C=O) groups is 1. The van der Waals surface area contributed by atoms with Crippen molar-refractivity contribution in [3.63, 3.8) is 0 Å². The van der Waals surface area contributed by atoms with Crippen LogP contribution in [0.15, 0.2) is 27.7 Å². The lowest BCUT2D eigenvalue weighted by Gasteiger charge is -2.32. The molecule has 7 nitrogen and oxygen atoms in total. The smallest absolute Gasteiger partial charge is 0.276 e. The maximum absolute atomic E-state index is 12.8. The molecule has 1 saturated heterocycles. The first kappa shape index (κ1) is 18.4. The molecule has 144 valence electrons. The van der Waals surface area contributed by atoms with E-state index in [0.717, 1.165) is 37.7 Å². The van der Waals surface area contributed by atoms with E-state index in [2.05, 4.69) is 10.1 Å². The first-order chi connectivity index (χ1) is 12.8. The summed E-state index contributed by atoms with van der Waals surface area (Å²) in [4.78, 5) is 18.9. The third-order valence-electron chi connectivity index (χ3n) is 5.07. The van der Waals surface area contributed by atoms with E-state index in [0.29, 0.717) is 30.4 Å². The Labute approximate surface area is 162 Å². The highest BCUT2D eigenvalue weighted by atomic mass is 35.5. The maximum Gasteiger partial charge on any atom is 0.276 e. The van der Waals surface area contributed by atoms with Crippen molar-refractivity contribution < 1.29 is 17.7 Å². The summed E-state index contributed by atoms with van der Waals surface area (Å²) in [6.45, 7) is 0.990. The van der Waals surface area contributed by atoms with E-state index in [-0.39, 0.29) is 21.7 Å². The Bertz CT molecular complexity index is 984. The van der Waals surface area contributed by atoms with Crippen LogP contribution in [0.4, 0.5) is 0 Å². The summed E-state index contributed by atoms with van der Waals surface area (Å²) in [7, 11) is -3.47. The number of rotatable bonds is 4. The number of carbonyl (C=O) groups excluding carboxylic acids is 1. The molecule has 2 aromatic rings. The molecule has 2 aromatic heterocycles. The average molecular weight is 410 g/mol. The second kappa shape index (κ2) is 6.91. The molecule has 2 aliphatic rings. The highest BCUT2D eigenvalue weighted by Crippen LogP contribution is 2.40. The number of hydrogen-bond acceptors (Lipinski definition) is 6. The number of piperidine rings is 1. The Kier molecular flexibility index (Phi) is 4.71. The molecule has 1 unspecified atom stereocenters. The van der Waals surface area contributed by atoms with Crippen LogP contribution in [0.2, 0.25) is 5.02 Å². The Hall–Kier alpha value is -1.93. The fraction of sp³-hybridized carbons (Fsp3) is 0.500. The molecule has 2 fully saturated rings. The van der Waals surface area contributed by atoms with Gasteiger partial charge in [0.05, 0.1) is 15.6 Å². The van der Waals surface area contributed by atoms with Crippen LogP contribution in [0.25, 0.3) is 0 Å². The molecule has 0 radical (unpaired) electrons. The third-order valence-corrected chi connectivity index (χ3v) is 6.40. The predicted octanol–water partition coefficient (Wildman–Crippen LogP) is 3.02. The summed E-state index contributed by atoms with van der Waals surface area (Å²) >= 11 is 5.94. The summed E-state index contributed by atoms with van der Waals surface area (Å²) in [5.74, 6) is 0.805. The minimum absolute atomic E-state index is 0.131. The van der Waals surface area contributed by atoms with E-state index in [1.165, 1.54) is 12.3 Å². The fourth-order valence-electron chi connectivity index (χ4n) is 3.53. The number of likely N-dealkylation sites (tertiary alicyclic amines) is 1. The lowest BCUT2D eigenvalue weighted by atomic mass is 9.94. The van der Waals surface area contributed by atoms with Gasteiger partial charge in [0.15, 0.2) is 15.5 Å². The molecule has 4 rings (SSSR count). The average Bonchev–Trinajstić information content (AvgIpc) is 3.37. The summed E-state index contributed by atoms with van der Waals surface area (Å²) in [5, 5.41) is 4.20. The molecule has 0 bridgehead atoms. The number of sulfone groups is 1. The van der Waals surface area contributed by atoms with Crippen LogP contribution in [0, 0.1) is 0 Å². The van der Waals surface area contributed by atoms with Crippen molar-refractivity contribution in [3.05, 3.63) is 40.5 Å². The lowest BCUT2D eigenvalue weighted by molar-refractivity contribution is 0.0694. The van der Waals surface area contributed by atoms with Crippen LogP contribution < -0.4 is 0 Å². The number of aromatic nitrogens is 2. The van der Waals surface area contributed by atoms with E-state index < -0.39 is 9.84 Å². The van der Waals surface area contributed by atoms with Gasteiger partial charge in [0.25, 0.3) is 5.91 Å². The van der Waals surface area contributed by atoms with E-state index in [1.54, 1.807) is 11.0 Å². The third kappa shape index (κ3) is 3.87. The minimum Gasteiger partial charge on any atom is -0.360 e. The first-order valence-corrected chi connectivity index (χ1v) is 11.2. The quantitative estimate of drug-likeness (QED) is 0.770. The Balaban J connectivity index is 1.57. The van der Waals surface area contributed by atoms with Crippen molar-refractivity contribution in [2.24, 2.45) is 0 Å². The van der Waals surface area contributed by atoms with Crippen LogP contribution >= 0.6 is 11.6 Å².